The van der Waals surface area contributed by atoms with E-state index in [1.165, 1.54) is 11.3 Å². The van der Waals surface area contributed by atoms with Crippen LogP contribution in [0.4, 0.5) is 0 Å². The number of aliphatic hydroxyl groups excluding tert-OH is 1. The van der Waals surface area contributed by atoms with Crippen LogP contribution in [-0.4, -0.2) is 15.9 Å². The molecule has 0 saturated heterocycles. The Morgan fingerprint density at radius 1 is 1.26 bits per heavy atom. The Morgan fingerprint density at radius 3 is 2.78 bits per heavy atom. The zero-order valence-electron chi connectivity index (χ0n) is 15.0. The summed E-state index contributed by atoms with van der Waals surface area (Å²) in [6, 6.07) is 9.51. The summed E-state index contributed by atoms with van der Waals surface area (Å²) in [5.41, 5.74) is 3.95. The van der Waals surface area contributed by atoms with Gasteiger partial charge in [0.25, 0.3) is 5.19 Å². The number of ketones is 1. The number of thiazole rings is 1. The van der Waals surface area contributed by atoms with Gasteiger partial charge in [0.1, 0.15) is 17.0 Å². The number of hydrogen-bond acceptors (Lipinski definition) is 5. The van der Waals surface area contributed by atoms with Crippen LogP contribution < -0.4 is 4.74 Å². The molecule has 0 aliphatic heterocycles. The number of rotatable bonds is 4. The van der Waals surface area contributed by atoms with Gasteiger partial charge in [-0.1, -0.05) is 35.9 Å². The van der Waals surface area contributed by atoms with Gasteiger partial charge in [-0.3, -0.25) is 4.79 Å². The fourth-order valence-corrected chi connectivity index (χ4v) is 4.68. The van der Waals surface area contributed by atoms with Gasteiger partial charge in [-0.25, -0.2) is 4.98 Å². The molecule has 0 spiro atoms. The molecule has 138 valence electrons. The number of ether oxygens (including phenoxy) is 1. The SMILES string of the molecule is CCc1ccc(Oc2nc3c(Cl)cc(C)cc3s2)cc1C1=C(O)CCC1=O. The third-order valence-electron chi connectivity index (χ3n) is 4.67. The predicted molar refractivity (Wildman–Crippen MR) is 109 cm³/mol. The number of fused-ring (bicyclic) bond motifs is 1. The summed E-state index contributed by atoms with van der Waals surface area (Å²) in [4.78, 5) is 16.7. The molecule has 2 aromatic carbocycles. The number of aromatic nitrogens is 1. The van der Waals surface area contributed by atoms with Crippen LogP contribution in [0.5, 0.6) is 10.9 Å². The number of benzene rings is 2. The molecular weight excluding hydrogens is 382 g/mol. The van der Waals surface area contributed by atoms with Gasteiger partial charge in [0.2, 0.25) is 0 Å². The molecule has 0 fully saturated rings. The van der Waals surface area contributed by atoms with E-state index in [0.29, 0.717) is 34.4 Å². The van der Waals surface area contributed by atoms with Crippen LogP contribution >= 0.6 is 22.9 Å². The molecule has 3 aromatic rings. The second kappa shape index (κ2) is 6.98. The zero-order valence-corrected chi connectivity index (χ0v) is 16.6. The van der Waals surface area contributed by atoms with Crippen LogP contribution in [-0.2, 0) is 11.2 Å². The summed E-state index contributed by atoms with van der Waals surface area (Å²) >= 11 is 7.70. The third-order valence-corrected chi connectivity index (χ3v) is 5.83. The molecular formula is C21H18ClNO3S. The first kappa shape index (κ1) is 18.0. The lowest BCUT2D eigenvalue weighted by Gasteiger charge is -2.11. The van der Waals surface area contributed by atoms with Crippen LogP contribution in [0.15, 0.2) is 36.1 Å². The second-order valence-corrected chi connectivity index (χ2v) is 7.99. The standard InChI is InChI=1S/C21H18ClNO3S/c1-3-12-4-5-13(10-14(12)19-16(24)6-7-17(19)25)26-21-23-20-15(22)8-11(2)9-18(20)27-21/h4-5,8-10,24H,3,6-7H2,1-2H3. The highest BCUT2D eigenvalue weighted by atomic mass is 35.5. The minimum atomic E-state index is -0.0263. The zero-order chi connectivity index (χ0) is 19.1. The number of allylic oxidation sites excluding steroid dienone is 2. The number of halogens is 1. The molecule has 4 nitrogen and oxygen atoms in total. The molecule has 1 aromatic heterocycles. The van der Waals surface area contributed by atoms with Crippen molar-refractivity contribution >= 4 is 44.5 Å². The average Bonchev–Trinajstić information content (AvgIpc) is 3.17. The molecule has 1 aliphatic rings. The first-order chi connectivity index (χ1) is 13.0. The normalized spacial score (nSPS) is 14.4. The maximum Gasteiger partial charge on any atom is 0.279 e. The van der Waals surface area contributed by atoms with E-state index in [1.54, 1.807) is 0 Å². The lowest BCUT2D eigenvalue weighted by molar-refractivity contribution is -0.113. The number of carbonyl (C=O) groups is 1. The minimum absolute atomic E-state index is 0.0263. The molecule has 1 N–H and O–H groups in total. The molecule has 0 saturated carbocycles. The van der Waals surface area contributed by atoms with E-state index in [4.69, 9.17) is 16.3 Å². The van der Waals surface area contributed by atoms with Crippen molar-refractivity contribution in [3.8, 4) is 10.9 Å². The maximum absolute atomic E-state index is 12.2. The molecule has 27 heavy (non-hydrogen) atoms. The lowest BCUT2D eigenvalue weighted by atomic mass is 9.96. The molecule has 6 heteroatoms. The monoisotopic (exact) mass is 399 g/mol. The molecule has 1 heterocycles. The Kier molecular flexibility index (Phi) is 4.66. The summed E-state index contributed by atoms with van der Waals surface area (Å²) in [7, 11) is 0. The van der Waals surface area contributed by atoms with Crippen molar-refractivity contribution in [1.29, 1.82) is 0 Å². The number of hydrogen-bond donors (Lipinski definition) is 1. The van der Waals surface area contributed by atoms with Crippen LogP contribution in [0.2, 0.25) is 5.02 Å². The number of carbonyl (C=O) groups excluding carboxylic acids is 1. The van der Waals surface area contributed by atoms with Gasteiger partial charge in [-0.15, -0.1) is 0 Å². The average molecular weight is 400 g/mol. The summed E-state index contributed by atoms with van der Waals surface area (Å²) in [6.07, 6.45) is 1.51. The van der Waals surface area contributed by atoms with Crippen LogP contribution in [0.25, 0.3) is 15.8 Å². The number of Topliss-reactive ketones (excluding diaryl/α,β-unsaturated/α-hetero) is 1. The first-order valence-electron chi connectivity index (χ1n) is 8.79. The van der Waals surface area contributed by atoms with Gasteiger partial charge in [0.15, 0.2) is 5.78 Å². The fraction of sp³-hybridized carbons (Fsp3) is 0.238. The molecule has 0 amide bonds. The van der Waals surface area contributed by atoms with Gasteiger partial charge in [0, 0.05) is 12.8 Å². The molecule has 1 aliphatic carbocycles. The van der Waals surface area contributed by atoms with Crippen LogP contribution in [0.1, 0.15) is 36.5 Å². The summed E-state index contributed by atoms with van der Waals surface area (Å²) < 4.78 is 6.93. The predicted octanol–water partition coefficient (Wildman–Crippen LogP) is 6.24. The highest BCUT2D eigenvalue weighted by Crippen LogP contribution is 2.38. The third kappa shape index (κ3) is 3.33. The van der Waals surface area contributed by atoms with E-state index in [-0.39, 0.29) is 11.5 Å². The fourth-order valence-electron chi connectivity index (χ4n) is 3.35. The van der Waals surface area contributed by atoms with E-state index in [0.717, 1.165) is 33.3 Å². The summed E-state index contributed by atoms with van der Waals surface area (Å²) in [5, 5.41) is 11.2. The summed E-state index contributed by atoms with van der Waals surface area (Å²) in [5.74, 6) is 0.713. The van der Waals surface area contributed by atoms with Gasteiger partial charge >= 0.3 is 0 Å². The van der Waals surface area contributed by atoms with E-state index in [2.05, 4.69) is 4.98 Å². The number of nitrogens with zero attached hydrogens (tertiary/aromatic N) is 1. The molecule has 0 bridgehead atoms. The molecule has 0 unspecified atom stereocenters. The van der Waals surface area contributed by atoms with Crippen molar-refractivity contribution in [3.63, 3.8) is 0 Å². The molecule has 4 rings (SSSR count). The van der Waals surface area contributed by atoms with Crippen molar-refractivity contribution < 1.29 is 14.6 Å². The number of aliphatic hydroxyl groups is 1. The molecule has 0 radical (unpaired) electrons. The number of aryl methyl sites for hydroxylation is 2. The Hall–Kier alpha value is -2.37. The van der Waals surface area contributed by atoms with Crippen molar-refractivity contribution in [2.24, 2.45) is 0 Å². The maximum atomic E-state index is 12.2. The van der Waals surface area contributed by atoms with E-state index in [9.17, 15) is 9.90 Å². The van der Waals surface area contributed by atoms with Gasteiger partial charge < -0.3 is 9.84 Å². The highest BCUT2D eigenvalue weighted by Gasteiger charge is 2.26. The summed E-state index contributed by atoms with van der Waals surface area (Å²) in [6.45, 7) is 4.01. The Bertz CT molecular complexity index is 1100. The van der Waals surface area contributed by atoms with Crippen molar-refractivity contribution in [3.05, 3.63) is 57.8 Å². The quantitative estimate of drug-likeness (QED) is 0.563. The Labute approximate surface area is 166 Å². The van der Waals surface area contributed by atoms with Gasteiger partial charge in [-0.2, -0.15) is 0 Å². The topological polar surface area (TPSA) is 59.4 Å². The van der Waals surface area contributed by atoms with E-state index in [1.807, 2.05) is 44.2 Å². The smallest absolute Gasteiger partial charge is 0.279 e. The second-order valence-electron chi connectivity index (χ2n) is 6.59. The van der Waals surface area contributed by atoms with Crippen LogP contribution in [0.3, 0.4) is 0 Å². The van der Waals surface area contributed by atoms with Crippen LogP contribution in [0, 0.1) is 6.92 Å². The van der Waals surface area contributed by atoms with Crippen molar-refractivity contribution in [2.75, 3.05) is 0 Å². The van der Waals surface area contributed by atoms with Gasteiger partial charge in [0.05, 0.1) is 15.3 Å². The lowest BCUT2D eigenvalue weighted by Crippen LogP contribution is -2.01. The van der Waals surface area contributed by atoms with Crippen molar-refractivity contribution in [2.45, 2.75) is 33.1 Å². The highest BCUT2D eigenvalue weighted by molar-refractivity contribution is 7.20. The largest absolute Gasteiger partial charge is 0.512 e. The Balaban J connectivity index is 1.73. The Morgan fingerprint density at radius 2 is 2.07 bits per heavy atom. The molecule has 0 atom stereocenters. The van der Waals surface area contributed by atoms with E-state index < -0.39 is 0 Å². The first-order valence-corrected chi connectivity index (χ1v) is 9.99. The minimum Gasteiger partial charge on any atom is -0.512 e. The van der Waals surface area contributed by atoms with Crippen molar-refractivity contribution in [1.82, 2.24) is 4.98 Å². The van der Waals surface area contributed by atoms with Gasteiger partial charge in [-0.05, 0) is 54.3 Å². The van der Waals surface area contributed by atoms with E-state index >= 15 is 0 Å².